The quantitative estimate of drug-likeness (QED) is 0.782. The molecule has 0 spiro atoms. The van der Waals surface area contributed by atoms with Crippen molar-refractivity contribution in [2.45, 2.75) is 38.1 Å². The highest BCUT2D eigenvalue weighted by molar-refractivity contribution is 7.80. The molecule has 2 aromatic rings. The van der Waals surface area contributed by atoms with Gasteiger partial charge in [0.05, 0.1) is 0 Å². The van der Waals surface area contributed by atoms with Crippen molar-refractivity contribution in [2.24, 2.45) is 0 Å². The molecule has 2 N–H and O–H groups in total. The first-order valence-corrected chi connectivity index (χ1v) is 8.46. The maximum absolute atomic E-state index is 5.50. The van der Waals surface area contributed by atoms with Crippen molar-refractivity contribution in [2.75, 3.05) is 5.32 Å². The molecule has 3 rings (SSSR count). The van der Waals surface area contributed by atoms with Crippen LogP contribution in [0.25, 0.3) is 11.1 Å². The monoisotopic (exact) mass is 310 g/mol. The first kappa shape index (κ1) is 15.0. The highest BCUT2D eigenvalue weighted by Gasteiger charge is 2.14. The second-order valence-corrected chi connectivity index (χ2v) is 6.25. The summed E-state index contributed by atoms with van der Waals surface area (Å²) in [4.78, 5) is 0. The van der Waals surface area contributed by atoms with E-state index in [9.17, 15) is 0 Å². The van der Waals surface area contributed by atoms with Gasteiger partial charge in [0.25, 0.3) is 0 Å². The topological polar surface area (TPSA) is 24.1 Å². The van der Waals surface area contributed by atoms with E-state index in [2.05, 4.69) is 53.1 Å². The van der Waals surface area contributed by atoms with Crippen LogP contribution in [0.3, 0.4) is 0 Å². The molecular formula is C19H22N2S. The summed E-state index contributed by atoms with van der Waals surface area (Å²) in [5, 5.41) is 7.57. The van der Waals surface area contributed by atoms with Crippen molar-refractivity contribution in [1.82, 2.24) is 5.32 Å². The van der Waals surface area contributed by atoms with Crippen molar-refractivity contribution in [3.63, 3.8) is 0 Å². The normalized spacial score (nSPS) is 15.3. The van der Waals surface area contributed by atoms with Crippen LogP contribution >= 0.6 is 12.2 Å². The van der Waals surface area contributed by atoms with Crippen molar-refractivity contribution in [3.8, 4) is 11.1 Å². The van der Waals surface area contributed by atoms with Gasteiger partial charge in [0.2, 0.25) is 0 Å². The average molecular weight is 310 g/mol. The molecule has 114 valence electrons. The van der Waals surface area contributed by atoms with Gasteiger partial charge < -0.3 is 10.6 Å². The Hall–Kier alpha value is -1.87. The number of rotatable bonds is 3. The van der Waals surface area contributed by atoms with Gasteiger partial charge in [0.15, 0.2) is 5.11 Å². The summed E-state index contributed by atoms with van der Waals surface area (Å²) in [6.45, 7) is 0. The van der Waals surface area contributed by atoms with E-state index in [1.807, 2.05) is 12.1 Å². The Morgan fingerprint density at radius 1 is 0.864 bits per heavy atom. The number of thiocarbonyl (C=S) groups is 1. The van der Waals surface area contributed by atoms with E-state index >= 15 is 0 Å². The molecular weight excluding hydrogens is 288 g/mol. The first-order chi connectivity index (χ1) is 10.8. The summed E-state index contributed by atoms with van der Waals surface area (Å²) < 4.78 is 0. The summed E-state index contributed by atoms with van der Waals surface area (Å²) in [5.74, 6) is 0. The summed E-state index contributed by atoms with van der Waals surface area (Å²) in [6, 6.07) is 19.2. The summed E-state index contributed by atoms with van der Waals surface area (Å²) in [6.07, 6.45) is 6.42. The Labute approximate surface area is 137 Å². The molecule has 22 heavy (non-hydrogen) atoms. The van der Waals surface area contributed by atoms with E-state index in [4.69, 9.17) is 12.2 Å². The fraction of sp³-hybridized carbons (Fsp3) is 0.316. The molecule has 3 heteroatoms. The molecule has 2 aromatic carbocycles. The van der Waals surface area contributed by atoms with Gasteiger partial charge in [-0.3, -0.25) is 0 Å². The molecule has 0 unspecified atom stereocenters. The van der Waals surface area contributed by atoms with Crippen molar-refractivity contribution < 1.29 is 0 Å². The van der Waals surface area contributed by atoms with Gasteiger partial charge in [-0.05, 0) is 36.7 Å². The van der Waals surface area contributed by atoms with Gasteiger partial charge >= 0.3 is 0 Å². The summed E-state index contributed by atoms with van der Waals surface area (Å²) in [7, 11) is 0. The second kappa shape index (κ2) is 7.41. The highest BCUT2D eigenvalue weighted by atomic mass is 32.1. The van der Waals surface area contributed by atoms with Crippen LogP contribution in [0.4, 0.5) is 5.69 Å². The maximum atomic E-state index is 5.50. The van der Waals surface area contributed by atoms with E-state index in [1.54, 1.807) is 0 Å². The lowest BCUT2D eigenvalue weighted by atomic mass is 9.96. The van der Waals surface area contributed by atoms with E-state index < -0.39 is 0 Å². The lowest BCUT2D eigenvalue weighted by Gasteiger charge is -2.24. The fourth-order valence-corrected chi connectivity index (χ4v) is 3.33. The van der Waals surface area contributed by atoms with Gasteiger partial charge in [-0.2, -0.15) is 0 Å². The second-order valence-electron chi connectivity index (χ2n) is 5.85. The standard InChI is InChI=1S/C19H22N2S/c22-19(20-16-11-5-2-6-12-16)21-18-14-8-7-13-17(18)15-9-3-1-4-10-15/h1,3-4,7-10,13-14,16H,2,5-6,11-12H2,(H2,20,21,22). The van der Waals surface area contributed by atoms with Crippen LogP contribution in [0.15, 0.2) is 54.6 Å². The number of hydrogen-bond donors (Lipinski definition) is 2. The van der Waals surface area contributed by atoms with E-state index in [-0.39, 0.29) is 0 Å². The van der Waals surface area contributed by atoms with Crippen molar-refractivity contribution in [3.05, 3.63) is 54.6 Å². The Bertz CT molecular complexity index is 618. The van der Waals surface area contributed by atoms with Gasteiger partial charge in [-0.25, -0.2) is 0 Å². The van der Waals surface area contributed by atoms with E-state index in [1.165, 1.54) is 43.2 Å². The van der Waals surface area contributed by atoms with Crippen molar-refractivity contribution >= 4 is 23.0 Å². The molecule has 0 saturated heterocycles. The zero-order valence-corrected chi connectivity index (χ0v) is 13.5. The Morgan fingerprint density at radius 3 is 2.32 bits per heavy atom. The molecule has 0 radical (unpaired) electrons. The molecule has 0 atom stereocenters. The molecule has 0 aliphatic heterocycles. The third-order valence-corrected chi connectivity index (χ3v) is 4.42. The zero-order valence-electron chi connectivity index (χ0n) is 12.7. The number of hydrogen-bond acceptors (Lipinski definition) is 1. The molecule has 0 amide bonds. The number of nitrogens with one attached hydrogen (secondary N) is 2. The zero-order chi connectivity index (χ0) is 15.2. The summed E-state index contributed by atoms with van der Waals surface area (Å²) in [5.41, 5.74) is 3.43. The van der Waals surface area contributed by atoms with Crippen LogP contribution in [-0.4, -0.2) is 11.2 Å². The largest absolute Gasteiger partial charge is 0.360 e. The first-order valence-electron chi connectivity index (χ1n) is 8.05. The predicted molar refractivity (Wildman–Crippen MR) is 98.1 cm³/mol. The highest BCUT2D eigenvalue weighted by Crippen LogP contribution is 2.27. The van der Waals surface area contributed by atoms with Crippen LogP contribution < -0.4 is 10.6 Å². The van der Waals surface area contributed by atoms with Crippen LogP contribution in [0.2, 0.25) is 0 Å². The van der Waals surface area contributed by atoms with Crippen LogP contribution in [0, 0.1) is 0 Å². The molecule has 1 fully saturated rings. The minimum absolute atomic E-state index is 0.526. The van der Waals surface area contributed by atoms with Gasteiger partial charge in [0, 0.05) is 17.3 Å². The smallest absolute Gasteiger partial charge is 0.171 e. The Morgan fingerprint density at radius 2 is 1.55 bits per heavy atom. The van der Waals surface area contributed by atoms with E-state index in [0.717, 1.165) is 10.8 Å². The number of para-hydroxylation sites is 1. The third-order valence-electron chi connectivity index (χ3n) is 4.20. The summed E-state index contributed by atoms with van der Waals surface area (Å²) >= 11 is 5.50. The Kier molecular flexibility index (Phi) is 5.07. The molecule has 0 heterocycles. The molecule has 1 saturated carbocycles. The van der Waals surface area contributed by atoms with Crippen LogP contribution in [-0.2, 0) is 0 Å². The lowest BCUT2D eigenvalue weighted by Crippen LogP contribution is -2.38. The number of anilines is 1. The molecule has 0 bridgehead atoms. The predicted octanol–water partition coefficient (Wildman–Crippen LogP) is 4.97. The van der Waals surface area contributed by atoms with Gasteiger partial charge in [-0.15, -0.1) is 0 Å². The molecule has 0 aromatic heterocycles. The van der Waals surface area contributed by atoms with Gasteiger partial charge in [-0.1, -0.05) is 67.8 Å². The van der Waals surface area contributed by atoms with Crippen LogP contribution in [0.5, 0.6) is 0 Å². The minimum atomic E-state index is 0.526. The average Bonchev–Trinajstić information content (AvgIpc) is 2.57. The fourth-order valence-electron chi connectivity index (χ4n) is 3.05. The lowest BCUT2D eigenvalue weighted by molar-refractivity contribution is 0.415. The van der Waals surface area contributed by atoms with Crippen LogP contribution in [0.1, 0.15) is 32.1 Å². The van der Waals surface area contributed by atoms with Gasteiger partial charge in [0.1, 0.15) is 0 Å². The van der Waals surface area contributed by atoms with E-state index in [0.29, 0.717) is 6.04 Å². The molecule has 2 nitrogen and oxygen atoms in total. The molecule has 1 aliphatic rings. The number of benzene rings is 2. The molecule has 1 aliphatic carbocycles. The SMILES string of the molecule is S=C(Nc1ccccc1-c1ccccc1)NC1CCCCC1. The Balaban J connectivity index is 1.71. The maximum Gasteiger partial charge on any atom is 0.171 e. The minimum Gasteiger partial charge on any atom is -0.360 e. The van der Waals surface area contributed by atoms with Crippen molar-refractivity contribution in [1.29, 1.82) is 0 Å². The third kappa shape index (κ3) is 3.86.